The maximum absolute atomic E-state index is 11.8. The summed E-state index contributed by atoms with van der Waals surface area (Å²) in [6.07, 6.45) is 0.0892. The number of hydrogen-bond donors (Lipinski definition) is 1. The van der Waals surface area contributed by atoms with Crippen LogP contribution in [0.4, 0.5) is 5.69 Å². The van der Waals surface area contributed by atoms with Crippen LogP contribution in [0.3, 0.4) is 0 Å². The molecule has 0 bridgehead atoms. The molecule has 0 radical (unpaired) electrons. The highest BCUT2D eigenvalue weighted by atomic mass is 16.6. The van der Waals surface area contributed by atoms with E-state index >= 15 is 0 Å². The molecule has 2 aromatic rings. The van der Waals surface area contributed by atoms with Crippen molar-refractivity contribution in [2.75, 3.05) is 0 Å². The Morgan fingerprint density at radius 3 is 2.50 bits per heavy atom. The van der Waals surface area contributed by atoms with Crippen molar-refractivity contribution in [2.24, 2.45) is 5.10 Å². The van der Waals surface area contributed by atoms with Gasteiger partial charge in [-0.25, -0.2) is 5.43 Å². The van der Waals surface area contributed by atoms with Gasteiger partial charge in [0.1, 0.15) is 17.2 Å². The number of non-ortho nitro benzene ring substituents is 1. The molecular weight excluding hydrogens is 286 g/mol. The molecular formula is C15H15N3O4. The second-order valence-electron chi connectivity index (χ2n) is 4.74. The molecule has 1 aromatic heterocycles. The normalized spacial score (nSPS) is 11.3. The zero-order valence-corrected chi connectivity index (χ0v) is 12.2. The fourth-order valence-electron chi connectivity index (χ4n) is 1.79. The van der Waals surface area contributed by atoms with Gasteiger partial charge in [0.05, 0.1) is 11.3 Å². The van der Waals surface area contributed by atoms with Gasteiger partial charge in [-0.15, -0.1) is 0 Å². The average molecular weight is 301 g/mol. The Morgan fingerprint density at radius 2 is 1.95 bits per heavy atom. The topological polar surface area (TPSA) is 97.7 Å². The van der Waals surface area contributed by atoms with Gasteiger partial charge in [-0.2, -0.15) is 5.10 Å². The SMILES string of the molecule is C/C(=N/NC(=O)Cc1ccc([N+](=O)[O-])cc1)c1ccc(C)o1. The van der Waals surface area contributed by atoms with Gasteiger partial charge in [-0.05, 0) is 31.5 Å². The lowest BCUT2D eigenvalue weighted by Gasteiger charge is -2.02. The van der Waals surface area contributed by atoms with Gasteiger partial charge in [0.15, 0.2) is 0 Å². The molecule has 0 fully saturated rings. The predicted octanol–water partition coefficient (Wildman–Crippen LogP) is 2.58. The fraction of sp³-hybridized carbons (Fsp3) is 0.200. The van der Waals surface area contributed by atoms with E-state index in [1.165, 1.54) is 12.1 Å². The minimum atomic E-state index is -0.483. The van der Waals surface area contributed by atoms with Crippen LogP contribution in [0.15, 0.2) is 45.9 Å². The van der Waals surface area contributed by atoms with Gasteiger partial charge in [0, 0.05) is 12.1 Å². The number of nitrogens with zero attached hydrogens (tertiary/aromatic N) is 2. The second-order valence-corrected chi connectivity index (χ2v) is 4.74. The number of nitro groups is 1. The molecule has 0 aliphatic rings. The Balaban J connectivity index is 1.94. The van der Waals surface area contributed by atoms with E-state index in [9.17, 15) is 14.9 Å². The van der Waals surface area contributed by atoms with E-state index in [-0.39, 0.29) is 18.0 Å². The van der Waals surface area contributed by atoms with Gasteiger partial charge in [0.2, 0.25) is 5.91 Å². The first-order valence-electron chi connectivity index (χ1n) is 6.59. The molecule has 7 nitrogen and oxygen atoms in total. The largest absolute Gasteiger partial charge is 0.460 e. The summed E-state index contributed by atoms with van der Waals surface area (Å²) in [7, 11) is 0. The van der Waals surface area contributed by atoms with Gasteiger partial charge in [-0.3, -0.25) is 14.9 Å². The monoisotopic (exact) mass is 301 g/mol. The van der Waals surface area contributed by atoms with Crippen molar-refractivity contribution in [1.29, 1.82) is 0 Å². The molecule has 22 heavy (non-hydrogen) atoms. The van der Waals surface area contributed by atoms with E-state index < -0.39 is 4.92 Å². The smallest absolute Gasteiger partial charge is 0.269 e. The molecule has 0 aliphatic carbocycles. The number of hydrogen-bond acceptors (Lipinski definition) is 5. The predicted molar refractivity (Wildman–Crippen MR) is 80.6 cm³/mol. The number of carbonyl (C=O) groups is 1. The first kappa shape index (κ1) is 15.4. The summed E-state index contributed by atoms with van der Waals surface area (Å²) in [5.74, 6) is 1.05. The highest BCUT2D eigenvalue weighted by Crippen LogP contribution is 2.12. The van der Waals surface area contributed by atoms with E-state index in [0.29, 0.717) is 17.0 Å². The molecule has 1 N–H and O–H groups in total. The Hall–Kier alpha value is -2.96. The molecule has 114 valence electrons. The number of aryl methyl sites for hydroxylation is 1. The quantitative estimate of drug-likeness (QED) is 0.521. The molecule has 1 amide bonds. The lowest BCUT2D eigenvalue weighted by Crippen LogP contribution is -2.21. The van der Waals surface area contributed by atoms with E-state index in [1.54, 1.807) is 25.1 Å². The Morgan fingerprint density at radius 1 is 1.27 bits per heavy atom. The summed E-state index contributed by atoms with van der Waals surface area (Å²) in [6.45, 7) is 3.55. The first-order chi connectivity index (χ1) is 10.5. The third-order valence-corrected chi connectivity index (χ3v) is 2.96. The number of nitrogens with one attached hydrogen (secondary N) is 1. The van der Waals surface area contributed by atoms with Crippen molar-refractivity contribution in [2.45, 2.75) is 20.3 Å². The van der Waals surface area contributed by atoms with Crippen molar-refractivity contribution < 1.29 is 14.1 Å². The van der Waals surface area contributed by atoms with Gasteiger partial charge >= 0.3 is 0 Å². The van der Waals surface area contributed by atoms with Crippen LogP contribution in [-0.2, 0) is 11.2 Å². The lowest BCUT2D eigenvalue weighted by atomic mass is 10.1. The maximum atomic E-state index is 11.8. The third-order valence-electron chi connectivity index (χ3n) is 2.96. The van der Waals surface area contributed by atoms with E-state index in [4.69, 9.17) is 4.42 Å². The highest BCUT2D eigenvalue weighted by Gasteiger charge is 2.08. The number of amides is 1. The van der Waals surface area contributed by atoms with Crippen molar-refractivity contribution in [3.05, 3.63) is 63.6 Å². The van der Waals surface area contributed by atoms with Crippen LogP contribution < -0.4 is 5.43 Å². The number of benzene rings is 1. The van der Waals surface area contributed by atoms with Crippen molar-refractivity contribution in [1.82, 2.24) is 5.43 Å². The van der Waals surface area contributed by atoms with Gasteiger partial charge in [-0.1, -0.05) is 12.1 Å². The van der Waals surface area contributed by atoms with Crippen LogP contribution in [0.1, 0.15) is 24.0 Å². The summed E-state index contributed by atoms with van der Waals surface area (Å²) in [4.78, 5) is 21.9. The van der Waals surface area contributed by atoms with Gasteiger partial charge < -0.3 is 4.42 Å². The summed E-state index contributed by atoms with van der Waals surface area (Å²) in [5.41, 5.74) is 3.65. The molecule has 1 heterocycles. The Kier molecular flexibility index (Phi) is 4.67. The molecule has 0 saturated heterocycles. The molecule has 0 spiro atoms. The number of carbonyl (C=O) groups excluding carboxylic acids is 1. The molecule has 0 saturated carbocycles. The molecule has 0 aliphatic heterocycles. The zero-order chi connectivity index (χ0) is 16.1. The molecule has 0 atom stereocenters. The third kappa shape index (κ3) is 4.02. The van der Waals surface area contributed by atoms with Crippen LogP contribution in [0, 0.1) is 17.0 Å². The summed E-state index contributed by atoms with van der Waals surface area (Å²) in [6, 6.07) is 9.41. The van der Waals surface area contributed by atoms with E-state index in [0.717, 1.165) is 5.76 Å². The minimum absolute atomic E-state index is 0.00814. The standard InChI is InChI=1S/C15H15N3O4/c1-10-3-8-14(22-10)11(2)16-17-15(19)9-12-4-6-13(7-5-12)18(20)21/h3-8H,9H2,1-2H3,(H,17,19)/b16-11-. The van der Waals surface area contributed by atoms with Crippen molar-refractivity contribution >= 4 is 17.3 Å². The Labute approximate surface area is 126 Å². The fourth-order valence-corrected chi connectivity index (χ4v) is 1.79. The average Bonchev–Trinajstić information content (AvgIpc) is 2.92. The number of nitro benzene ring substituents is 1. The van der Waals surface area contributed by atoms with Gasteiger partial charge in [0.25, 0.3) is 5.69 Å². The summed E-state index contributed by atoms with van der Waals surface area (Å²) < 4.78 is 5.39. The minimum Gasteiger partial charge on any atom is -0.460 e. The van der Waals surface area contributed by atoms with Crippen LogP contribution in [0.2, 0.25) is 0 Å². The van der Waals surface area contributed by atoms with Crippen molar-refractivity contribution in [3.63, 3.8) is 0 Å². The molecule has 2 rings (SSSR count). The van der Waals surface area contributed by atoms with Crippen LogP contribution in [0.5, 0.6) is 0 Å². The maximum Gasteiger partial charge on any atom is 0.269 e. The second kappa shape index (κ2) is 6.66. The van der Waals surface area contributed by atoms with Crippen LogP contribution >= 0.6 is 0 Å². The van der Waals surface area contributed by atoms with E-state index in [2.05, 4.69) is 10.5 Å². The Bertz CT molecular complexity index is 717. The first-order valence-corrected chi connectivity index (χ1v) is 6.59. The molecule has 7 heteroatoms. The lowest BCUT2D eigenvalue weighted by molar-refractivity contribution is -0.384. The van der Waals surface area contributed by atoms with Crippen molar-refractivity contribution in [3.8, 4) is 0 Å². The van der Waals surface area contributed by atoms with Crippen LogP contribution in [0.25, 0.3) is 0 Å². The number of hydrazone groups is 1. The van der Waals surface area contributed by atoms with Crippen LogP contribution in [-0.4, -0.2) is 16.5 Å². The summed E-state index contributed by atoms with van der Waals surface area (Å²) >= 11 is 0. The molecule has 1 aromatic carbocycles. The highest BCUT2D eigenvalue weighted by molar-refractivity contribution is 5.96. The number of furan rings is 1. The zero-order valence-electron chi connectivity index (χ0n) is 12.2. The van der Waals surface area contributed by atoms with E-state index in [1.807, 2.05) is 13.0 Å². The number of rotatable bonds is 5. The molecule has 0 unspecified atom stereocenters. The summed E-state index contributed by atoms with van der Waals surface area (Å²) in [5, 5.41) is 14.5.